The Morgan fingerprint density at radius 2 is 1.97 bits per heavy atom. The summed E-state index contributed by atoms with van der Waals surface area (Å²) in [6.45, 7) is 0.526. The van der Waals surface area contributed by atoms with Gasteiger partial charge in [-0.3, -0.25) is 0 Å². The van der Waals surface area contributed by atoms with Gasteiger partial charge in [0, 0.05) is 29.5 Å². The Balaban J connectivity index is 1.43. The summed E-state index contributed by atoms with van der Waals surface area (Å²) < 4.78 is 29.7. The van der Waals surface area contributed by atoms with Crippen molar-refractivity contribution in [3.8, 4) is 11.5 Å². The molecule has 2 fully saturated rings. The molecule has 3 heterocycles. The van der Waals surface area contributed by atoms with Crippen LogP contribution >= 0.6 is 39.1 Å². The molecule has 0 unspecified atom stereocenters. The van der Waals surface area contributed by atoms with Gasteiger partial charge >= 0.3 is 0 Å². The van der Waals surface area contributed by atoms with E-state index in [1.54, 1.807) is 26.4 Å². The molecule has 2 aliphatic heterocycles. The summed E-state index contributed by atoms with van der Waals surface area (Å²) in [6.07, 6.45) is 1.29. The molecule has 0 radical (unpaired) electrons. The molecule has 0 spiro atoms. The summed E-state index contributed by atoms with van der Waals surface area (Å²) in [7, 11) is 3.23. The average molecular weight is 557 g/mol. The van der Waals surface area contributed by atoms with Crippen molar-refractivity contribution in [1.82, 2.24) is 9.97 Å². The Labute approximate surface area is 208 Å². The van der Waals surface area contributed by atoms with Gasteiger partial charge in [-0.1, -0.05) is 23.2 Å². The van der Waals surface area contributed by atoms with Gasteiger partial charge in [-0.05, 0) is 34.1 Å². The number of anilines is 2. The van der Waals surface area contributed by atoms with Gasteiger partial charge in [-0.2, -0.15) is 0 Å². The van der Waals surface area contributed by atoms with Gasteiger partial charge < -0.3 is 29.0 Å². The monoisotopic (exact) mass is 555 g/mol. The number of benzene rings is 2. The number of aromatic nitrogens is 2. The lowest BCUT2D eigenvalue weighted by molar-refractivity contribution is -0.108. The number of nitrogens with zero attached hydrogens (tertiary/aromatic N) is 2. The molecule has 0 bridgehead atoms. The maximum Gasteiger partial charge on any atom is 0.203 e. The molecule has 5 rings (SSSR count). The molecule has 2 saturated heterocycles. The number of fused-ring (bicyclic) bond motifs is 2. The van der Waals surface area contributed by atoms with Crippen molar-refractivity contribution in [1.29, 1.82) is 0 Å². The summed E-state index contributed by atoms with van der Waals surface area (Å²) in [6, 6.07) is 7.22. The molecule has 2 aromatic carbocycles. The summed E-state index contributed by atoms with van der Waals surface area (Å²) in [5.74, 6) is 1.58. The molecule has 0 saturated carbocycles. The van der Waals surface area contributed by atoms with E-state index in [4.69, 9.17) is 46.9 Å². The third-order valence-corrected chi connectivity index (χ3v) is 7.48. The quantitative estimate of drug-likeness (QED) is 0.406. The Kier molecular flexibility index (Phi) is 6.52. The van der Waals surface area contributed by atoms with Crippen LogP contribution in [0.1, 0.15) is 6.42 Å². The third kappa shape index (κ3) is 4.34. The third-order valence-electron chi connectivity index (χ3n) is 5.71. The van der Waals surface area contributed by atoms with Crippen LogP contribution < -0.4 is 14.8 Å². The summed E-state index contributed by atoms with van der Waals surface area (Å²) in [5.41, 5.74) is 1.27. The minimum absolute atomic E-state index is 0.0491. The van der Waals surface area contributed by atoms with E-state index in [0.717, 1.165) is 5.39 Å². The van der Waals surface area contributed by atoms with Gasteiger partial charge in [0.25, 0.3) is 0 Å². The lowest BCUT2D eigenvalue weighted by Crippen LogP contribution is -2.30. The van der Waals surface area contributed by atoms with E-state index < -0.39 is 6.29 Å². The number of hydrogen-bond donors (Lipinski definition) is 1. The van der Waals surface area contributed by atoms with Crippen molar-refractivity contribution in [2.75, 3.05) is 26.1 Å². The Hall–Kier alpha value is -1.88. The van der Waals surface area contributed by atoms with Crippen LogP contribution in [-0.2, 0) is 14.2 Å². The number of methoxy groups -OCH3 is 2. The number of ether oxygens (including phenoxy) is 5. The molecule has 33 heavy (non-hydrogen) atoms. The normalized spacial score (nSPS) is 24.2. The maximum absolute atomic E-state index is 6.39. The fourth-order valence-electron chi connectivity index (χ4n) is 4.03. The minimum atomic E-state index is -0.479. The first kappa shape index (κ1) is 22.9. The molecule has 174 valence electrons. The van der Waals surface area contributed by atoms with Crippen LogP contribution in [-0.4, -0.2) is 55.4 Å². The van der Waals surface area contributed by atoms with E-state index >= 15 is 0 Å². The van der Waals surface area contributed by atoms with Crippen LogP contribution in [0.3, 0.4) is 0 Å². The topological polar surface area (TPSA) is 84.0 Å². The predicted molar refractivity (Wildman–Crippen MR) is 128 cm³/mol. The number of halogens is 3. The Bertz CT molecular complexity index is 1200. The molecular formula is C22H20BrCl2N3O5. The van der Waals surface area contributed by atoms with Gasteiger partial charge in [0.1, 0.15) is 24.4 Å². The van der Waals surface area contributed by atoms with E-state index in [-0.39, 0.29) is 18.3 Å². The standard InChI is InChI=1S/C22H20BrCl2N3O5/c1-29-14-5-10-13(6-15(14)32-18-7-16-21(33-18)17(30-2)8-31-16)26-9-27-22(10)28-12-4-3-11(23)19(24)20(12)25/h3-6,9,16-18,21H,7-8H2,1-2H3,(H,26,27,28)/t16-,17+,18+,21+/m1/s1. The SMILES string of the molecule is COc1cc2c(Nc3ccc(Br)c(Cl)c3Cl)ncnc2cc1O[C@@H]1C[C@H]2OC[C@H](OC)[C@H]2O1. The molecule has 1 aromatic heterocycles. The minimum Gasteiger partial charge on any atom is -0.493 e. The van der Waals surface area contributed by atoms with Crippen molar-refractivity contribution in [3.63, 3.8) is 0 Å². The lowest BCUT2D eigenvalue weighted by atomic mass is 10.1. The Morgan fingerprint density at radius 3 is 2.76 bits per heavy atom. The van der Waals surface area contributed by atoms with Crippen LogP contribution in [0.25, 0.3) is 10.9 Å². The summed E-state index contributed by atoms with van der Waals surface area (Å²) in [5, 5.41) is 4.74. The van der Waals surface area contributed by atoms with E-state index in [2.05, 4.69) is 31.2 Å². The molecular weight excluding hydrogens is 537 g/mol. The van der Waals surface area contributed by atoms with E-state index in [1.165, 1.54) is 6.33 Å². The fraction of sp³-hybridized carbons (Fsp3) is 0.364. The number of rotatable bonds is 6. The molecule has 8 nitrogen and oxygen atoms in total. The van der Waals surface area contributed by atoms with E-state index in [1.807, 2.05) is 12.1 Å². The van der Waals surface area contributed by atoms with Crippen LogP contribution in [0.4, 0.5) is 11.5 Å². The number of nitrogens with one attached hydrogen (secondary N) is 1. The number of hydrogen-bond acceptors (Lipinski definition) is 8. The molecule has 2 aliphatic rings. The van der Waals surface area contributed by atoms with Crippen molar-refractivity contribution < 1.29 is 23.7 Å². The maximum atomic E-state index is 6.39. The highest BCUT2D eigenvalue weighted by Crippen LogP contribution is 2.40. The first-order chi connectivity index (χ1) is 16.0. The summed E-state index contributed by atoms with van der Waals surface area (Å²) >= 11 is 16.0. The Morgan fingerprint density at radius 1 is 1.12 bits per heavy atom. The van der Waals surface area contributed by atoms with Gasteiger partial charge in [0.2, 0.25) is 6.29 Å². The smallest absolute Gasteiger partial charge is 0.203 e. The van der Waals surface area contributed by atoms with Crippen LogP contribution in [0.5, 0.6) is 11.5 Å². The highest BCUT2D eigenvalue weighted by Gasteiger charge is 2.47. The zero-order valence-electron chi connectivity index (χ0n) is 17.7. The summed E-state index contributed by atoms with van der Waals surface area (Å²) in [4.78, 5) is 8.76. The highest BCUT2D eigenvalue weighted by atomic mass is 79.9. The van der Waals surface area contributed by atoms with Gasteiger partial charge in [0.15, 0.2) is 11.5 Å². The average Bonchev–Trinajstić information content (AvgIpc) is 3.39. The molecule has 3 aromatic rings. The lowest BCUT2D eigenvalue weighted by Gasteiger charge is -2.20. The largest absolute Gasteiger partial charge is 0.493 e. The second kappa shape index (κ2) is 9.40. The second-order valence-electron chi connectivity index (χ2n) is 7.62. The molecule has 0 amide bonds. The second-order valence-corrected chi connectivity index (χ2v) is 9.23. The predicted octanol–water partition coefficient (Wildman–Crippen LogP) is 5.36. The van der Waals surface area contributed by atoms with Crippen molar-refractivity contribution in [2.45, 2.75) is 31.0 Å². The van der Waals surface area contributed by atoms with Crippen LogP contribution in [0.2, 0.25) is 10.0 Å². The van der Waals surface area contributed by atoms with Gasteiger partial charge in [-0.15, -0.1) is 0 Å². The van der Waals surface area contributed by atoms with Crippen LogP contribution in [0.15, 0.2) is 35.1 Å². The van der Waals surface area contributed by atoms with Gasteiger partial charge in [-0.25, -0.2) is 9.97 Å². The fourth-order valence-corrected chi connectivity index (χ4v) is 4.85. The molecule has 0 aliphatic carbocycles. The zero-order valence-corrected chi connectivity index (χ0v) is 20.8. The molecule has 1 N–H and O–H groups in total. The van der Waals surface area contributed by atoms with Crippen molar-refractivity contribution in [3.05, 3.63) is 45.1 Å². The molecule has 11 heteroatoms. The van der Waals surface area contributed by atoms with Crippen LogP contribution in [0, 0.1) is 0 Å². The highest BCUT2D eigenvalue weighted by molar-refractivity contribution is 9.10. The molecule has 4 atom stereocenters. The van der Waals surface area contributed by atoms with E-state index in [9.17, 15) is 0 Å². The zero-order chi connectivity index (χ0) is 23.1. The van der Waals surface area contributed by atoms with E-state index in [0.29, 0.717) is 56.1 Å². The first-order valence-electron chi connectivity index (χ1n) is 10.2. The first-order valence-corrected chi connectivity index (χ1v) is 11.7. The van der Waals surface area contributed by atoms with Crippen molar-refractivity contribution in [2.24, 2.45) is 0 Å². The van der Waals surface area contributed by atoms with Gasteiger partial charge in [0.05, 0.1) is 41.1 Å². The van der Waals surface area contributed by atoms with Crippen molar-refractivity contribution >= 4 is 61.5 Å².